The van der Waals surface area contributed by atoms with Crippen LogP contribution in [0.4, 0.5) is 5.95 Å². The number of rotatable bonds is 12. The molecule has 0 spiro atoms. The van der Waals surface area contributed by atoms with Crippen LogP contribution in [0.25, 0.3) is 21.9 Å². The van der Waals surface area contributed by atoms with Crippen LogP contribution in [-0.4, -0.2) is 77.9 Å². The zero-order valence-corrected chi connectivity index (χ0v) is 25.4. The van der Waals surface area contributed by atoms with Gasteiger partial charge < -0.3 is 35.1 Å². The number of aliphatic hydroxyl groups is 2. The SMILES string of the molecule is CCOc1nc(N)nc2c1ncn2C1O[C@H](COP(=O)(NC(C(=O)O)C(C)C)Oc2cccc3ccccc23)[C@@H](O)[C@@]1(C)O. The lowest BCUT2D eigenvalue weighted by atomic mass is 9.96. The van der Waals surface area contributed by atoms with Crippen molar-refractivity contribution in [3.63, 3.8) is 0 Å². The Bertz CT molecular complexity index is 1710. The minimum Gasteiger partial charge on any atom is -0.480 e. The molecule has 4 aromatic rings. The largest absolute Gasteiger partial charge is 0.480 e. The number of ether oxygens (including phenoxy) is 2. The molecular formula is C28H35N6O9P. The van der Waals surface area contributed by atoms with Crippen LogP contribution >= 0.6 is 7.75 Å². The standard InChI is InChI=1S/C28H35N6O9P/c1-5-40-24-21-23(31-27(29)32-24)34(14-30-21)26-28(4,38)22(35)19(42-26)13-41-44(39,33-20(15(2)3)25(36)37)43-18-12-8-10-16-9-6-7-11-17(16)18/h6-12,14-15,19-20,22,26,35,38H,5,13H2,1-4H3,(H,33,39)(H,36,37)(H2,29,31,32)/t19-,20?,22-,26?,28-,44?/m1/s1. The summed E-state index contributed by atoms with van der Waals surface area (Å²) >= 11 is 0. The molecule has 6 N–H and O–H groups in total. The van der Waals surface area contributed by atoms with Gasteiger partial charge in [-0.3, -0.25) is 13.9 Å². The molecular weight excluding hydrogens is 595 g/mol. The van der Waals surface area contributed by atoms with Gasteiger partial charge in [0.1, 0.15) is 29.6 Å². The third kappa shape index (κ3) is 6.07. The van der Waals surface area contributed by atoms with Gasteiger partial charge in [0.05, 0.1) is 19.5 Å². The summed E-state index contributed by atoms with van der Waals surface area (Å²) in [6, 6.07) is 11.1. The van der Waals surface area contributed by atoms with E-state index in [0.717, 1.165) is 5.39 Å². The Hall–Kier alpha value is -3.85. The molecule has 236 valence electrons. The summed E-state index contributed by atoms with van der Waals surface area (Å²) < 4.78 is 38.8. The van der Waals surface area contributed by atoms with Crippen molar-refractivity contribution in [1.82, 2.24) is 24.6 Å². The number of fused-ring (bicyclic) bond motifs is 2. The van der Waals surface area contributed by atoms with E-state index in [4.69, 9.17) is 24.3 Å². The molecule has 0 radical (unpaired) electrons. The average Bonchev–Trinajstić information content (AvgIpc) is 3.48. The van der Waals surface area contributed by atoms with Gasteiger partial charge in [-0.05, 0) is 31.2 Å². The maximum absolute atomic E-state index is 14.2. The van der Waals surface area contributed by atoms with E-state index in [9.17, 15) is 24.7 Å². The van der Waals surface area contributed by atoms with Crippen molar-refractivity contribution in [2.45, 2.75) is 57.8 Å². The number of hydrogen-bond donors (Lipinski definition) is 5. The van der Waals surface area contributed by atoms with E-state index in [0.29, 0.717) is 12.0 Å². The number of aromatic nitrogens is 4. The minimum atomic E-state index is -4.45. The van der Waals surface area contributed by atoms with Crippen molar-refractivity contribution >= 4 is 41.6 Å². The number of benzene rings is 2. The number of aliphatic hydroxyl groups excluding tert-OH is 1. The number of aliphatic carboxylic acids is 1. The van der Waals surface area contributed by atoms with Gasteiger partial charge in [-0.15, -0.1) is 0 Å². The normalized spacial score (nSPS) is 24.0. The number of carboxylic acid groups (broad SMARTS) is 1. The predicted octanol–water partition coefficient (Wildman–Crippen LogP) is 2.87. The summed E-state index contributed by atoms with van der Waals surface area (Å²) in [4.78, 5) is 24.6. The molecule has 5 rings (SSSR count). The highest BCUT2D eigenvalue weighted by molar-refractivity contribution is 7.52. The molecule has 6 atom stereocenters. The van der Waals surface area contributed by atoms with Gasteiger partial charge in [0, 0.05) is 5.39 Å². The highest BCUT2D eigenvalue weighted by atomic mass is 31.2. The first-order valence-corrected chi connectivity index (χ1v) is 15.5. The lowest BCUT2D eigenvalue weighted by molar-refractivity contribution is -0.140. The molecule has 2 aromatic carbocycles. The van der Waals surface area contributed by atoms with Gasteiger partial charge in [0.25, 0.3) is 0 Å². The summed E-state index contributed by atoms with van der Waals surface area (Å²) in [6.07, 6.45) is -2.70. The van der Waals surface area contributed by atoms with Crippen LogP contribution < -0.4 is 20.1 Å². The topological polar surface area (TPSA) is 213 Å². The Kier molecular flexibility index (Phi) is 8.80. The minimum absolute atomic E-state index is 0.100. The number of nitrogens with one attached hydrogen (secondary N) is 1. The molecule has 0 bridgehead atoms. The highest BCUT2D eigenvalue weighted by Crippen LogP contribution is 2.49. The number of imidazole rings is 1. The average molecular weight is 631 g/mol. The molecule has 1 aliphatic heterocycles. The Labute approximate surface area is 252 Å². The first-order valence-electron chi connectivity index (χ1n) is 14.0. The number of hydrogen-bond acceptors (Lipinski definition) is 12. The maximum Gasteiger partial charge on any atom is 0.459 e. The van der Waals surface area contributed by atoms with Crippen LogP contribution in [0.2, 0.25) is 0 Å². The third-order valence-electron chi connectivity index (χ3n) is 7.30. The summed E-state index contributed by atoms with van der Waals surface area (Å²) in [7, 11) is -4.45. The predicted molar refractivity (Wildman–Crippen MR) is 159 cm³/mol. The van der Waals surface area contributed by atoms with Crippen molar-refractivity contribution in [3.05, 3.63) is 48.8 Å². The molecule has 2 aromatic heterocycles. The van der Waals surface area contributed by atoms with Gasteiger partial charge >= 0.3 is 13.7 Å². The van der Waals surface area contributed by atoms with Crippen molar-refractivity contribution < 1.29 is 43.2 Å². The van der Waals surface area contributed by atoms with E-state index in [1.165, 1.54) is 17.8 Å². The van der Waals surface area contributed by atoms with Crippen molar-refractivity contribution in [3.8, 4) is 11.6 Å². The smallest absolute Gasteiger partial charge is 0.459 e. The summed E-state index contributed by atoms with van der Waals surface area (Å²) in [5.74, 6) is -1.52. The van der Waals surface area contributed by atoms with Crippen LogP contribution in [0.15, 0.2) is 48.8 Å². The van der Waals surface area contributed by atoms with Crippen molar-refractivity contribution in [2.75, 3.05) is 18.9 Å². The molecule has 16 heteroatoms. The number of carboxylic acids is 1. The van der Waals surface area contributed by atoms with Gasteiger partial charge in [-0.25, -0.2) is 9.55 Å². The monoisotopic (exact) mass is 630 g/mol. The number of nitrogen functional groups attached to an aromatic ring is 1. The molecule has 1 aliphatic rings. The summed E-state index contributed by atoms with van der Waals surface area (Å²) in [5, 5.41) is 36.3. The molecule has 0 amide bonds. The number of anilines is 1. The van der Waals surface area contributed by atoms with E-state index < -0.39 is 56.3 Å². The molecule has 15 nitrogen and oxygen atoms in total. The summed E-state index contributed by atoms with van der Waals surface area (Å²) in [5.41, 5.74) is 4.41. The van der Waals surface area contributed by atoms with Crippen LogP contribution in [-0.2, 0) is 18.6 Å². The van der Waals surface area contributed by atoms with Gasteiger partial charge in [0.15, 0.2) is 17.4 Å². The van der Waals surface area contributed by atoms with E-state index in [-0.39, 0.29) is 28.7 Å². The van der Waals surface area contributed by atoms with E-state index in [1.807, 2.05) is 18.2 Å². The van der Waals surface area contributed by atoms with Crippen molar-refractivity contribution in [2.24, 2.45) is 5.92 Å². The molecule has 3 heterocycles. The number of nitrogens with zero attached hydrogens (tertiary/aromatic N) is 4. The fourth-order valence-electron chi connectivity index (χ4n) is 5.02. The number of nitrogens with two attached hydrogens (primary N) is 1. The van der Waals surface area contributed by atoms with Gasteiger partial charge in [-0.2, -0.15) is 15.1 Å². The zero-order valence-electron chi connectivity index (χ0n) is 24.5. The lowest BCUT2D eigenvalue weighted by Crippen LogP contribution is -2.45. The van der Waals surface area contributed by atoms with Gasteiger partial charge in [-0.1, -0.05) is 50.2 Å². The van der Waals surface area contributed by atoms with Crippen LogP contribution in [0.1, 0.15) is 33.9 Å². The fourth-order valence-corrected chi connectivity index (χ4v) is 6.71. The number of carbonyl (C=O) groups is 1. The first kappa shape index (κ1) is 31.6. The van der Waals surface area contributed by atoms with Crippen LogP contribution in [0.5, 0.6) is 11.6 Å². The molecule has 0 aliphatic carbocycles. The molecule has 44 heavy (non-hydrogen) atoms. The first-order chi connectivity index (χ1) is 20.8. The third-order valence-corrected chi connectivity index (χ3v) is 8.82. The van der Waals surface area contributed by atoms with E-state index >= 15 is 0 Å². The molecule has 3 unspecified atom stereocenters. The van der Waals surface area contributed by atoms with Crippen molar-refractivity contribution in [1.29, 1.82) is 0 Å². The maximum atomic E-state index is 14.2. The Morgan fingerprint density at radius 2 is 1.95 bits per heavy atom. The Morgan fingerprint density at radius 1 is 1.23 bits per heavy atom. The second-order valence-electron chi connectivity index (χ2n) is 10.9. The van der Waals surface area contributed by atoms with E-state index in [2.05, 4.69) is 20.0 Å². The zero-order chi connectivity index (χ0) is 31.8. The van der Waals surface area contributed by atoms with Crippen LogP contribution in [0, 0.1) is 5.92 Å². The highest BCUT2D eigenvalue weighted by Gasteiger charge is 2.54. The second-order valence-corrected chi connectivity index (χ2v) is 12.6. The Balaban J connectivity index is 1.44. The lowest BCUT2D eigenvalue weighted by Gasteiger charge is -2.28. The molecule has 0 saturated carbocycles. The second kappa shape index (κ2) is 12.3. The van der Waals surface area contributed by atoms with Crippen LogP contribution in [0.3, 0.4) is 0 Å². The quantitative estimate of drug-likeness (QED) is 0.142. The molecule has 1 saturated heterocycles. The van der Waals surface area contributed by atoms with Gasteiger partial charge in [0.2, 0.25) is 11.8 Å². The van der Waals surface area contributed by atoms with E-state index in [1.54, 1.807) is 45.0 Å². The molecule has 1 fully saturated rings. The Morgan fingerprint density at radius 3 is 2.66 bits per heavy atom. The fraction of sp³-hybridized carbons (Fsp3) is 0.429. The summed E-state index contributed by atoms with van der Waals surface area (Å²) in [6.45, 7) is 6.14.